The van der Waals surface area contributed by atoms with E-state index in [9.17, 15) is 0 Å². The molecule has 0 atom stereocenters. The van der Waals surface area contributed by atoms with E-state index in [1.165, 1.54) is 25.7 Å². The van der Waals surface area contributed by atoms with Crippen molar-refractivity contribution in [3.8, 4) is 11.5 Å². The fourth-order valence-corrected chi connectivity index (χ4v) is 2.15. The lowest BCUT2D eigenvalue weighted by Gasteiger charge is -2.08. The summed E-state index contributed by atoms with van der Waals surface area (Å²) in [6.07, 6.45) is 13.1. The maximum Gasteiger partial charge on any atom is 0.119 e. The molecule has 0 saturated heterocycles. The van der Waals surface area contributed by atoms with Crippen molar-refractivity contribution >= 4 is 0 Å². The van der Waals surface area contributed by atoms with E-state index in [0.29, 0.717) is 0 Å². The van der Waals surface area contributed by atoms with E-state index in [4.69, 9.17) is 9.47 Å². The molecule has 0 aliphatic heterocycles. The Morgan fingerprint density at radius 3 is 1.41 bits per heavy atom. The van der Waals surface area contributed by atoms with Crippen LogP contribution in [-0.4, -0.2) is 13.2 Å². The maximum atomic E-state index is 5.72. The van der Waals surface area contributed by atoms with Crippen molar-refractivity contribution in [1.29, 1.82) is 0 Å². The molecule has 0 amide bonds. The topological polar surface area (TPSA) is 18.5 Å². The number of ether oxygens (including phenoxy) is 2. The van der Waals surface area contributed by atoms with Crippen LogP contribution in [0.2, 0.25) is 0 Å². The summed E-state index contributed by atoms with van der Waals surface area (Å²) in [7, 11) is 0. The molecule has 2 heteroatoms. The molecule has 22 heavy (non-hydrogen) atoms. The summed E-state index contributed by atoms with van der Waals surface area (Å²) in [4.78, 5) is 0. The van der Waals surface area contributed by atoms with Crippen LogP contribution in [0.15, 0.2) is 49.6 Å². The third-order valence-corrected chi connectivity index (χ3v) is 3.47. The summed E-state index contributed by atoms with van der Waals surface area (Å²) >= 11 is 0. The molecule has 0 unspecified atom stereocenters. The molecule has 0 aliphatic carbocycles. The molecule has 0 N–H and O–H groups in total. The predicted molar refractivity (Wildman–Crippen MR) is 94.8 cm³/mol. The van der Waals surface area contributed by atoms with Crippen LogP contribution in [0.1, 0.15) is 51.4 Å². The molecule has 0 bridgehead atoms. The summed E-state index contributed by atoms with van der Waals surface area (Å²) in [5.74, 6) is 1.84. The summed E-state index contributed by atoms with van der Waals surface area (Å²) in [6, 6.07) is 7.93. The fourth-order valence-electron chi connectivity index (χ4n) is 2.15. The SMILES string of the molecule is C=CCCCCCOc1ccc(OCCCCCC=C)cc1. The van der Waals surface area contributed by atoms with Gasteiger partial charge in [-0.1, -0.05) is 12.2 Å². The average Bonchev–Trinajstić information content (AvgIpc) is 2.55. The molecule has 1 aromatic carbocycles. The van der Waals surface area contributed by atoms with E-state index >= 15 is 0 Å². The number of benzene rings is 1. The first-order valence-corrected chi connectivity index (χ1v) is 8.44. The zero-order chi connectivity index (χ0) is 15.9. The molecule has 0 aliphatic rings. The van der Waals surface area contributed by atoms with Crippen LogP contribution in [-0.2, 0) is 0 Å². The van der Waals surface area contributed by atoms with Crippen LogP contribution in [0.25, 0.3) is 0 Å². The van der Waals surface area contributed by atoms with Gasteiger partial charge in [0.2, 0.25) is 0 Å². The van der Waals surface area contributed by atoms with E-state index in [-0.39, 0.29) is 0 Å². The summed E-state index contributed by atoms with van der Waals surface area (Å²) in [5, 5.41) is 0. The third-order valence-electron chi connectivity index (χ3n) is 3.47. The Balaban J connectivity index is 2.09. The number of allylic oxidation sites excluding steroid dienone is 2. The van der Waals surface area contributed by atoms with Gasteiger partial charge in [0.05, 0.1) is 13.2 Å². The highest BCUT2D eigenvalue weighted by Gasteiger charge is 1.97. The molecule has 0 radical (unpaired) electrons. The van der Waals surface area contributed by atoms with Crippen LogP contribution in [0.5, 0.6) is 11.5 Å². The lowest BCUT2D eigenvalue weighted by atomic mass is 10.2. The second-order valence-electron chi connectivity index (χ2n) is 5.44. The summed E-state index contributed by atoms with van der Waals surface area (Å²) < 4.78 is 11.4. The highest BCUT2D eigenvalue weighted by Crippen LogP contribution is 2.18. The van der Waals surface area contributed by atoms with Gasteiger partial charge in [-0.15, -0.1) is 13.2 Å². The van der Waals surface area contributed by atoms with E-state index in [1.807, 2.05) is 36.4 Å². The molecule has 0 aromatic heterocycles. The molecular weight excluding hydrogens is 272 g/mol. The van der Waals surface area contributed by atoms with Crippen LogP contribution in [0, 0.1) is 0 Å². The van der Waals surface area contributed by atoms with E-state index in [1.54, 1.807) is 0 Å². The van der Waals surface area contributed by atoms with Crippen LogP contribution < -0.4 is 9.47 Å². The minimum Gasteiger partial charge on any atom is -0.494 e. The Kier molecular flexibility index (Phi) is 10.8. The van der Waals surface area contributed by atoms with Crippen molar-refractivity contribution in [3.05, 3.63) is 49.6 Å². The van der Waals surface area contributed by atoms with Gasteiger partial charge < -0.3 is 9.47 Å². The molecule has 0 saturated carbocycles. The van der Waals surface area contributed by atoms with E-state index in [2.05, 4.69) is 13.2 Å². The molecule has 0 fully saturated rings. The van der Waals surface area contributed by atoms with Crippen molar-refractivity contribution in [2.24, 2.45) is 0 Å². The minimum atomic E-state index is 0.778. The molecule has 2 nitrogen and oxygen atoms in total. The van der Waals surface area contributed by atoms with Crippen LogP contribution in [0.3, 0.4) is 0 Å². The quantitative estimate of drug-likeness (QED) is 0.313. The van der Waals surface area contributed by atoms with E-state index in [0.717, 1.165) is 50.4 Å². The van der Waals surface area contributed by atoms with Gasteiger partial charge in [0.15, 0.2) is 0 Å². The van der Waals surface area contributed by atoms with Crippen LogP contribution in [0.4, 0.5) is 0 Å². The summed E-state index contributed by atoms with van der Waals surface area (Å²) in [5.41, 5.74) is 0. The number of hydrogen-bond acceptors (Lipinski definition) is 2. The Morgan fingerprint density at radius 1 is 0.636 bits per heavy atom. The monoisotopic (exact) mass is 302 g/mol. The van der Waals surface area contributed by atoms with Gasteiger partial charge in [-0.05, 0) is 75.6 Å². The summed E-state index contributed by atoms with van der Waals surface area (Å²) in [6.45, 7) is 9.01. The fraction of sp³-hybridized carbons (Fsp3) is 0.500. The zero-order valence-electron chi connectivity index (χ0n) is 13.8. The van der Waals surface area contributed by atoms with Gasteiger partial charge in [-0.2, -0.15) is 0 Å². The van der Waals surface area contributed by atoms with Crippen molar-refractivity contribution in [2.45, 2.75) is 51.4 Å². The number of hydrogen-bond donors (Lipinski definition) is 0. The highest BCUT2D eigenvalue weighted by atomic mass is 16.5. The van der Waals surface area contributed by atoms with Crippen molar-refractivity contribution < 1.29 is 9.47 Å². The lowest BCUT2D eigenvalue weighted by Crippen LogP contribution is -1.99. The highest BCUT2D eigenvalue weighted by molar-refractivity contribution is 5.31. The van der Waals surface area contributed by atoms with Crippen molar-refractivity contribution in [2.75, 3.05) is 13.2 Å². The second kappa shape index (κ2) is 13.0. The Labute approximate surface area is 135 Å². The minimum absolute atomic E-state index is 0.778. The standard InChI is InChI=1S/C20H30O2/c1-3-5-7-9-11-17-21-19-13-15-20(16-14-19)22-18-12-10-8-6-4-2/h3-4,13-16H,1-2,5-12,17-18H2. The molecule has 0 spiro atoms. The predicted octanol–water partition coefficient (Wildman–Crippen LogP) is 5.94. The molecule has 1 rings (SSSR count). The molecule has 122 valence electrons. The van der Waals surface area contributed by atoms with Gasteiger partial charge in [0.25, 0.3) is 0 Å². The van der Waals surface area contributed by atoms with E-state index < -0.39 is 0 Å². The third kappa shape index (κ3) is 9.28. The maximum absolute atomic E-state index is 5.72. The smallest absolute Gasteiger partial charge is 0.119 e. The number of rotatable bonds is 14. The number of unbranched alkanes of at least 4 members (excludes halogenated alkanes) is 6. The Bertz CT molecular complexity index is 356. The average molecular weight is 302 g/mol. The zero-order valence-corrected chi connectivity index (χ0v) is 13.8. The Morgan fingerprint density at radius 2 is 1.05 bits per heavy atom. The first kappa shape index (κ1) is 18.3. The van der Waals surface area contributed by atoms with Gasteiger partial charge in [-0.25, -0.2) is 0 Å². The Hall–Kier alpha value is -1.70. The molecule has 0 heterocycles. The van der Waals surface area contributed by atoms with Gasteiger partial charge in [0, 0.05) is 0 Å². The molecule has 1 aromatic rings. The van der Waals surface area contributed by atoms with Gasteiger partial charge >= 0.3 is 0 Å². The van der Waals surface area contributed by atoms with Gasteiger partial charge in [0.1, 0.15) is 11.5 Å². The first-order chi connectivity index (χ1) is 10.9. The van der Waals surface area contributed by atoms with Crippen molar-refractivity contribution in [3.63, 3.8) is 0 Å². The van der Waals surface area contributed by atoms with Gasteiger partial charge in [-0.3, -0.25) is 0 Å². The van der Waals surface area contributed by atoms with Crippen LogP contribution >= 0.6 is 0 Å². The molecular formula is C20H30O2. The van der Waals surface area contributed by atoms with Crippen molar-refractivity contribution in [1.82, 2.24) is 0 Å². The first-order valence-electron chi connectivity index (χ1n) is 8.44. The normalized spacial score (nSPS) is 10.2. The largest absolute Gasteiger partial charge is 0.494 e. The second-order valence-corrected chi connectivity index (χ2v) is 5.44. The lowest BCUT2D eigenvalue weighted by molar-refractivity contribution is 0.297.